The molecule has 3 fully saturated rings. The molecule has 8 rings (SSSR count). The minimum absolute atomic E-state index is 0.0144. The quantitative estimate of drug-likeness (QED) is 0.199. The summed E-state index contributed by atoms with van der Waals surface area (Å²) in [6, 6.07) is 11.2. The topological polar surface area (TPSA) is 119 Å². The number of esters is 1. The summed E-state index contributed by atoms with van der Waals surface area (Å²) >= 11 is 7.93. The van der Waals surface area contributed by atoms with Gasteiger partial charge >= 0.3 is 12.0 Å². The fourth-order valence-corrected chi connectivity index (χ4v) is 8.58. The molecule has 0 radical (unpaired) electrons. The van der Waals surface area contributed by atoms with Gasteiger partial charge in [0.1, 0.15) is 17.7 Å². The van der Waals surface area contributed by atoms with Crippen LogP contribution < -0.4 is 10.2 Å². The van der Waals surface area contributed by atoms with Crippen molar-refractivity contribution in [2.24, 2.45) is 4.99 Å². The molecule has 1 saturated carbocycles. The van der Waals surface area contributed by atoms with E-state index in [4.69, 9.17) is 21.3 Å². The molecule has 2 saturated heterocycles. The number of imidazole rings is 1. The van der Waals surface area contributed by atoms with Crippen LogP contribution in [0, 0.1) is 5.82 Å². The number of aromatic amines is 1. The molecule has 1 aliphatic carbocycles. The van der Waals surface area contributed by atoms with Crippen LogP contribution in [-0.2, 0) is 9.53 Å². The van der Waals surface area contributed by atoms with Crippen molar-refractivity contribution >= 4 is 46.5 Å². The highest BCUT2D eigenvalue weighted by atomic mass is 35.5. The Morgan fingerprint density at radius 3 is 2.65 bits per heavy atom. The lowest BCUT2D eigenvalue weighted by atomic mass is 9.87. The number of rotatable bonds is 8. The van der Waals surface area contributed by atoms with Gasteiger partial charge in [-0.1, -0.05) is 36.9 Å². The van der Waals surface area contributed by atoms with Gasteiger partial charge in [-0.2, -0.15) is 0 Å². The van der Waals surface area contributed by atoms with Crippen LogP contribution in [0.2, 0.25) is 5.02 Å². The van der Waals surface area contributed by atoms with Crippen molar-refractivity contribution in [3.63, 3.8) is 0 Å². The van der Waals surface area contributed by atoms with Gasteiger partial charge in [-0.05, 0) is 49.2 Å². The van der Waals surface area contributed by atoms with E-state index < -0.39 is 17.8 Å². The van der Waals surface area contributed by atoms with Crippen LogP contribution in [0.4, 0.5) is 14.9 Å². The van der Waals surface area contributed by atoms with E-state index in [1.165, 1.54) is 68.4 Å². The van der Waals surface area contributed by atoms with Gasteiger partial charge in [0.2, 0.25) is 0 Å². The van der Waals surface area contributed by atoms with Gasteiger partial charge in [0.15, 0.2) is 10.8 Å². The third-order valence-corrected chi connectivity index (χ3v) is 11.4. The van der Waals surface area contributed by atoms with Gasteiger partial charge in [0.25, 0.3) is 0 Å². The van der Waals surface area contributed by atoms with Crippen LogP contribution in [0.1, 0.15) is 60.3 Å². The summed E-state index contributed by atoms with van der Waals surface area (Å²) in [5.41, 5.74) is 4.42. The second-order valence-electron chi connectivity index (χ2n) is 13.4. The molecule has 0 bridgehead atoms. The molecule has 2 atom stereocenters. The summed E-state index contributed by atoms with van der Waals surface area (Å²) in [6.45, 7) is 2.64. The number of aromatic nitrogens is 3. The minimum Gasteiger partial charge on any atom is -0.466 e. The molecule has 4 aliphatic rings. The molecule has 51 heavy (non-hydrogen) atoms. The molecule has 2 N–H and O–H groups in total. The predicted octanol–water partition coefficient (Wildman–Crippen LogP) is 6.52. The first-order valence-corrected chi connectivity index (χ1v) is 18.6. The third-order valence-electron chi connectivity index (χ3n) is 10.3. The zero-order valence-electron chi connectivity index (χ0n) is 28.1. The first kappa shape index (κ1) is 33.5. The van der Waals surface area contributed by atoms with Crippen LogP contribution in [0.5, 0.6) is 0 Å². The smallest absolute Gasteiger partial charge is 0.338 e. The van der Waals surface area contributed by atoms with Gasteiger partial charge in [0.05, 0.1) is 18.7 Å². The maximum Gasteiger partial charge on any atom is 0.338 e. The molecule has 4 aromatic rings. The number of H-pyrrole nitrogens is 1. The zero-order valence-corrected chi connectivity index (χ0v) is 29.7. The number of amides is 2. The molecule has 2 aromatic carbocycles. The first-order chi connectivity index (χ1) is 24.9. The van der Waals surface area contributed by atoms with Crippen LogP contribution in [0.15, 0.2) is 76.5 Å². The number of aliphatic imine (C=N–C) groups is 1. The van der Waals surface area contributed by atoms with Crippen LogP contribution in [0.3, 0.4) is 0 Å². The Hall–Kier alpha value is -4.59. The average molecular weight is 729 g/mol. The molecule has 14 heteroatoms. The number of carbonyl (C=O) groups is 2. The van der Waals surface area contributed by atoms with Crippen molar-refractivity contribution in [1.82, 2.24) is 30.1 Å². The van der Waals surface area contributed by atoms with Crippen LogP contribution >= 0.6 is 22.9 Å². The highest BCUT2D eigenvalue weighted by Gasteiger charge is 2.42. The van der Waals surface area contributed by atoms with Crippen molar-refractivity contribution in [3.05, 3.63) is 98.6 Å². The van der Waals surface area contributed by atoms with E-state index in [0.717, 1.165) is 17.1 Å². The van der Waals surface area contributed by atoms with Crippen LogP contribution in [-0.4, -0.2) is 88.5 Å². The van der Waals surface area contributed by atoms with E-state index in [-0.39, 0.29) is 17.1 Å². The summed E-state index contributed by atoms with van der Waals surface area (Å²) < 4.78 is 19.3. The molecule has 3 aliphatic heterocycles. The fraction of sp³-hybridized carbons (Fsp3) is 0.378. The average Bonchev–Trinajstić information content (AvgIpc) is 3.93. The summed E-state index contributed by atoms with van der Waals surface area (Å²) in [4.78, 5) is 50.5. The number of benzene rings is 2. The van der Waals surface area contributed by atoms with E-state index >= 15 is 0 Å². The number of ether oxygens (including phenoxy) is 1. The third kappa shape index (κ3) is 6.65. The van der Waals surface area contributed by atoms with Gasteiger partial charge in [-0.3, -0.25) is 14.8 Å². The summed E-state index contributed by atoms with van der Waals surface area (Å²) in [5, 5.41) is 6.01. The zero-order chi connectivity index (χ0) is 35.1. The number of nitrogens with zero attached hydrogens (tertiary/aromatic N) is 6. The Kier molecular flexibility index (Phi) is 9.34. The Labute approximate surface area is 304 Å². The Morgan fingerprint density at radius 1 is 1.08 bits per heavy atom. The number of anilines is 1. The lowest BCUT2D eigenvalue weighted by Crippen LogP contribution is -2.53. The van der Waals surface area contributed by atoms with Crippen molar-refractivity contribution in [3.8, 4) is 11.4 Å². The number of piperazine rings is 1. The number of nitrogens with one attached hydrogen (secondary N) is 2. The van der Waals surface area contributed by atoms with E-state index in [9.17, 15) is 14.0 Å². The van der Waals surface area contributed by atoms with Gasteiger partial charge in [-0.15, -0.1) is 11.3 Å². The lowest BCUT2D eigenvalue weighted by Gasteiger charge is -2.38. The fourth-order valence-electron chi connectivity index (χ4n) is 7.73. The molecule has 2 amide bonds. The Balaban J connectivity index is 1.00. The predicted molar refractivity (Wildman–Crippen MR) is 195 cm³/mol. The number of fused-ring (bicyclic) bond motifs is 1. The van der Waals surface area contributed by atoms with Gasteiger partial charge in [-0.25, -0.2) is 23.9 Å². The van der Waals surface area contributed by atoms with Gasteiger partial charge in [0, 0.05) is 89.6 Å². The SMILES string of the molecule is COC(=O)C1=C(CN2CCN3C(=O)N(c4ccc(-c5ncc(C6CCCCC6)[nH]5)cc4)C[C@@H]3C2)NC(c2nccs2)=N[C@H]1c1ccc(F)cc1Cl. The maximum absolute atomic E-state index is 14.1. The second-order valence-corrected chi connectivity index (χ2v) is 14.7. The largest absolute Gasteiger partial charge is 0.466 e. The van der Waals surface area contributed by atoms with Gasteiger partial charge < -0.3 is 19.9 Å². The molecular formula is C37H38ClFN8O3S. The van der Waals surface area contributed by atoms with Crippen molar-refractivity contribution in [2.75, 3.05) is 44.7 Å². The standard InChI is InChI=1S/C37H38ClFN8O3S/c1-50-36(48)31-30(43-34(35-40-13-16-51-35)44-32(31)27-12-9-24(39)17-28(27)38)21-45-14-15-46-26(19-45)20-47(37(46)49)25-10-7-23(8-11-25)33-41-18-29(42-33)22-5-3-2-4-6-22/h7-13,16-18,22,26,32H,2-6,14-15,19-21H2,1H3,(H,41,42)(H,43,44)/t26-,32-/m0/s1. The van der Waals surface area contributed by atoms with E-state index in [1.54, 1.807) is 12.3 Å². The number of hydrogen-bond donors (Lipinski definition) is 2. The number of methoxy groups -OCH3 is 1. The maximum atomic E-state index is 14.1. The number of carbonyl (C=O) groups excluding carboxylic acids is 2. The van der Waals surface area contributed by atoms with Crippen molar-refractivity contribution < 1.29 is 18.7 Å². The first-order valence-electron chi connectivity index (χ1n) is 17.3. The molecule has 5 heterocycles. The van der Waals surface area contributed by atoms with Crippen molar-refractivity contribution in [1.29, 1.82) is 0 Å². The van der Waals surface area contributed by atoms with E-state index in [1.807, 2.05) is 45.6 Å². The lowest BCUT2D eigenvalue weighted by molar-refractivity contribution is -0.136. The van der Waals surface area contributed by atoms with Crippen LogP contribution in [0.25, 0.3) is 11.4 Å². The summed E-state index contributed by atoms with van der Waals surface area (Å²) in [7, 11) is 1.32. The Morgan fingerprint density at radius 2 is 1.90 bits per heavy atom. The normalized spacial score (nSPS) is 21.5. The van der Waals surface area contributed by atoms with Crippen molar-refractivity contribution in [2.45, 2.75) is 50.1 Å². The highest BCUT2D eigenvalue weighted by molar-refractivity contribution is 7.11. The second kappa shape index (κ2) is 14.2. The number of amidine groups is 1. The Bertz CT molecular complexity index is 1990. The number of halogens is 2. The molecule has 0 spiro atoms. The molecule has 0 unspecified atom stereocenters. The summed E-state index contributed by atoms with van der Waals surface area (Å²) in [6.07, 6.45) is 9.94. The van der Waals surface area contributed by atoms with E-state index in [2.05, 4.69) is 25.2 Å². The molecule has 264 valence electrons. The molecule has 2 aromatic heterocycles. The minimum atomic E-state index is -0.839. The summed E-state index contributed by atoms with van der Waals surface area (Å²) in [5.74, 6) is 0.849. The van der Waals surface area contributed by atoms with E-state index in [0.29, 0.717) is 66.3 Å². The highest BCUT2D eigenvalue weighted by Crippen LogP contribution is 2.38. The number of thiazole rings is 1. The molecule has 11 nitrogen and oxygen atoms in total. The monoisotopic (exact) mass is 728 g/mol. The number of hydrogen-bond acceptors (Lipinski definition) is 9. The molecular weight excluding hydrogens is 691 g/mol. The number of urea groups is 1.